The van der Waals surface area contributed by atoms with Crippen molar-refractivity contribution in [2.45, 2.75) is 31.9 Å². The van der Waals surface area contributed by atoms with Gasteiger partial charge in [0, 0.05) is 24.6 Å². The molecule has 1 unspecified atom stereocenters. The Balaban J connectivity index is 1.36. The van der Waals surface area contributed by atoms with Gasteiger partial charge in [-0.05, 0) is 49.1 Å². The molecule has 0 bridgehead atoms. The van der Waals surface area contributed by atoms with Crippen LogP contribution >= 0.6 is 0 Å². The number of nitriles is 1. The number of ether oxygens (including phenoxy) is 1. The number of nitrogens with one attached hydrogen (secondary N) is 1. The van der Waals surface area contributed by atoms with E-state index in [1.165, 1.54) is 6.42 Å². The van der Waals surface area contributed by atoms with Crippen molar-refractivity contribution >= 4 is 17.3 Å². The Morgan fingerprint density at radius 3 is 2.90 bits per heavy atom. The lowest BCUT2D eigenvalue weighted by Crippen LogP contribution is -2.24. The van der Waals surface area contributed by atoms with E-state index in [9.17, 15) is 0 Å². The first-order valence-electron chi connectivity index (χ1n) is 10.1. The monoisotopic (exact) mass is 399 g/mol. The number of rotatable bonds is 5. The molecule has 1 fully saturated rings. The van der Waals surface area contributed by atoms with Crippen molar-refractivity contribution in [2.75, 3.05) is 11.9 Å². The van der Waals surface area contributed by atoms with Crippen LogP contribution in [0, 0.1) is 11.3 Å². The van der Waals surface area contributed by atoms with E-state index >= 15 is 0 Å². The van der Waals surface area contributed by atoms with Crippen LogP contribution in [-0.4, -0.2) is 37.1 Å². The van der Waals surface area contributed by atoms with E-state index in [4.69, 9.17) is 10.00 Å². The molecule has 4 aromatic rings. The maximum Gasteiger partial charge on any atom is 0.247 e. The topological polar surface area (TPSA) is 93.1 Å². The lowest BCUT2D eigenvalue weighted by molar-refractivity contribution is 0.00400. The summed E-state index contributed by atoms with van der Waals surface area (Å²) in [6.45, 7) is 1.59. The van der Waals surface area contributed by atoms with E-state index in [-0.39, 0.29) is 6.10 Å². The quantitative estimate of drug-likeness (QED) is 0.549. The zero-order valence-electron chi connectivity index (χ0n) is 16.4. The minimum atomic E-state index is 0.231. The summed E-state index contributed by atoms with van der Waals surface area (Å²) in [6.07, 6.45) is 9.26. The number of hydrogen-bond donors (Lipinski definition) is 1. The van der Waals surface area contributed by atoms with E-state index < -0.39 is 0 Å². The predicted molar refractivity (Wildman–Crippen MR) is 112 cm³/mol. The van der Waals surface area contributed by atoms with Crippen molar-refractivity contribution in [1.29, 1.82) is 5.26 Å². The average Bonchev–Trinajstić information content (AvgIpc) is 3.40. The van der Waals surface area contributed by atoms with Gasteiger partial charge < -0.3 is 10.1 Å². The van der Waals surface area contributed by atoms with Gasteiger partial charge in [-0.25, -0.2) is 4.52 Å². The summed E-state index contributed by atoms with van der Waals surface area (Å²) in [5.41, 5.74) is 4.14. The van der Waals surface area contributed by atoms with Gasteiger partial charge in [-0.15, -0.1) is 5.10 Å². The smallest absolute Gasteiger partial charge is 0.247 e. The first kappa shape index (κ1) is 18.3. The molecule has 0 spiro atoms. The van der Waals surface area contributed by atoms with Gasteiger partial charge >= 0.3 is 0 Å². The zero-order valence-corrected chi connectivity index (χ0v) is 16.4. The van der Waals surface area contributed by atoms with E-state index in [1.807, 2.05) is 41.3 Å². The molecule has 8 nitrogen and oxygen atoms in total. The van der Waals surface area contributed by atoms with Gasteiger partial charge in [-0.2, -0.15) is 15.3 Å². The molecule has 8 heteroatoms. The van der Waals surface area contributed by atoms with E-state index in [0.717, 1.165) is 48.5 Å². The average molecular weight is 399 g/mol. The molecular formula is C22H21N7O. The summed E-state index contributed by atoms with van der Waals surface area (Å²) in [4.78, 5) is 4.67. The highest BCUT2D eigenvalue weighted by Gasteiger charge is 2.15. The van der Waals surface area contributed by atoms with Crippen LogP contribution in [0.1, 0.15) is 24.8 Å². The predicted octanol–water partition coefficient (Wildman–Crippen LogP) is 3.78. The van der Waals surface area contributed by atoms with Gasteiger partial charge in [0.05, 0.1) is 36.2 Å². The minimum Gasteiger partial charge on any atom is -0.376 e. The van der Waals surface area contributed by atoms with E-state index in [0.29, 0.717) is 11.5 Å². The SMILES string of the molecule is N#Cc1ccc(-c2cccn3nc(Nc4cnn(CC5CCCCO5)c4)nc23)cc1. The second kappa shape index (κ2) is 7.97. The minimum absolute atomic E-state index is 0.231. The third-order valence-corrected chi connectivity index (χ3v) is 5.24. The summed E-state index contributed by atoms with van der Waals surface area (Å²) in [7, 11) is 0. The van der Waals surface area contributed by atoms with Gasteiger partial charge in [0.2, 0.25) is 5.95 Å². The standard InChI is InChI=1S/C22H21N7O/c23-12-16-6-8-17(9-7-16)20-5-3-10-29-21(20)26-22(27-29)25-18-13-24-28(14-18)15-19-4-1-2-11-30-19/h3,5-10,13-14,19H,1-2,4,11,15H2,(H,25,27). The summed E-state index contributed by atoms with van der Waals surface area (Å²) in [5.74, 6) is 0.504. The number of pyridine rings is 1. The van der Waals surface area contributed by atoms with E-state index in [1.54, 1.807) is 22.8 Å². The molecule has 30 heavy (non-hydrogen) atoms. The fraction of sp³-hybridized carbons (Fsp3) is 0.273. The molecule has 1 aliphatic heterocycles. The molecule has 1 N–H and O–H groups in total. The third-order valence-electron chi connectivity index (χ3n) is 5.24. The molecule has 5 rings (SSSR count). The number of fused-ring (bicyclic) bond motifs is 1. The van der Waals surface area contributed by atoms with Crippen LogP contribution in [0.3, 0.4) is 0 Å². The highest BCUT2D eigenvalue weighted by Crippen LogP contribution is 2.25. The largest absolute Gasteiger partial charge is 0.376 e. The van der Waals surface area contributed by atoms with Crippen molar-refractivity contribution in [3.05, 3.63) is 60.6 Å². The van der Waals surface area contributed by atoms with Gasteiger partial charge in [-0.3, -0.25) is 4.68 Å². The van der Waals surface area contributed by atoms with Crippen molar-refractivity contribution in [3.63, 3.8) is 0 Å². The second-order valence-corrected chi connectivity index (χ2v) is 7.38. The molecule has 3 aromatic heterocycles. The third kappa shape index (κ3) is 3.75. The maximum atomic E-state index is 9.01. The maximum absolute atomic E-state index is 9.01. The molecule has 0 aliphatic carbocycles. The summed E-state index contributed by atoms with van der Waals surface area (Å²) >= 11 is 0. The van der Waals surface area contributed by atoms with Crippen LogP contribution in [0.2, 0.25) is 0 Å². The molecule has 0 amide bonds. The second-order valence-electron chi connectivity index (χ2n) is 7.38. The van der Waals surface area contributed by atoms with Crippen molar-refractivity contribution < 1.29 is 4.74 Å². The van der Waals surface area contributed by atoms with Gasteiger partial charge in [0.1, 0.15) is 0 Å². The normalized spacial score (nSPS) is 16.4. The first-order chi connectivity index (χ1) is 14.8. The first-order valence-corrected chi connectivity index (χ1v) is 10.1. The number of anilines is 2. The highest BCUT2D eigenvalue weighted by molar-refractivity contribution is 5.78. The molecule has 1 saturated heterocycles. The molecule has 0 radical (unpaired) electrons. The summed E-state index contributed by atoms with van der Waals surface area (Å²) in [6, 6.07) is 13.5. The van der Waals surface area contributed by atoms with E-state index in [2.05, 4.69) is 26.6 Å². The fourth-order valence-corrected chi connectivity index (χ4v) is 3.73. The Kier molecular flexibility index (Phi) is 4.87. The van der Waals surface area contributed by atoms with Gasteiger partial charge in [0.15, 0.2) is 5.65 Å². The van der Waals surface area contributed by atoms with Crippen LogP contribution < -0.4 is 5.32 Å². The molecule has 150 valence electrons. The van der Waals surface area contributed by atoms with Crippen LogP contribution in [0.25, 0.3) is 16.8 Å². The summed E-state index contributed by atoms with van der Waals surface area (Å²) < 4.78 is 9.44. The lowest BCUT2D eigenvalue weighted by Gasteiger charge is -2.22. The Labute approximate surface area is 173 Å². The molecular weight excluding hydrogens is 378 g/mol. The van der Waals surface area contributed by atoms with Gasteiger partial charge in [0.25, 0.3) is 0 Å². The fourth-order valence-electron chi connectivity index (χ4n) is 3.73. The molecule has 0 saturated carbocycles. The lowest BCUT2D eigenvalue weighted by atomic mass is 10.1. The zero-order chi connectivity index (χ0) is 20.3. The Morgan fingerprint density at radius 1 is 1.20 bits per heavy atom. The highest BCUT2D eigenvalue weighted by atomic mass is 16.5. The van der Waals surface area contributed by atoms with Crippen molar-refractivity contribution in [3.8, 4) is 17.2 Å². The number of benzene rings is 1. The number of hydrogen-bond acceptors (Lipinski definition) is 6. The van der Waals surface area contributed by atoms with Crippen LogP contribution in [0.15, 0.2) is 55.0 Å². The molecule has 1 atom stereocenters. The molecule has 1 aliphatic rings. The van der Waals surface area contributed by atoms with Crippen LogP contribution in [-0.2, 0) is 11.3 Å². The Bertz CT molecular complexity index is 1200. The van der Waals surface area contributed by atoms with Crippen molar-refractivity contribution in [2.24, 2.45) is 0 Å². The number of nitrogens with zero attached hydrogens (tertiary/aromatic N) is 6. The van der Waals surface area contributed by atoms with Crippen LogP contribution in [0.4, 0.5) is 11.6 Å². The van der Waals surface area contributed by atoms with Gasteiger partial charge in [-0.1, -0.05) is 12.1 Å². The Hall–Kier alpha value is -3.70. The molecule has 1 aromatic carbocycles. The summed E-state index contributed by atoms with van der Waals surface area (Å²) in [5, 5.41) is 21.2. The van der Waals surface area contributed by atoms with Crippen molar-refractivity contribution in [1.82, 2.24) is 24.4 Å². The number of aromatic nitrogens is 5. The Morgan fingerprint density at radius 2 is 2.10 bits per heavy atom. The molecule has 4 heterocycles. The van der Waals surface area contributed by atoms with Crippen LogP contribution in [0.5, 0.6) is 0 Å².